The van der Waals surface area contributed by atoms with E-state index < -0.39 is 0 Å². The van der Waals surface area contributed by atoms with Gasteiger partial charge in [-0.1, -0.05) is 164 Å². The van der Waals surface area contributed by atoms with Gasteiger partial charge in [-0.25, -0.2) is 19.9 Å². The standard InChI is InChI=1S/C43H27N5.C7H10/c44-28-29-11-9-17-35(25-29)42-41(45-37-19-7-8-20-38(37)46-42)33-23-21-30(22-24-33)34-16-10-18-36(26-34)43-47-39(31-12-3-1-4-13-31)27-40(48-43)32-14-5-2-6-15-32;1-3-5-7-6-4-2/h1-27H;3-7H,1H2,2H3/b;6-4-,7-5-. The number of benzene rings is 6. The molecule has 0 unspecified atom stereocenters. The van der Waals surface area contributed by atoms with Gasteiger partial charge in [-0.3, -0.25) is 0 Å². The second kappa shape index (κ2) is 17.3. The lowest BCUT2D eigenvalue weighted by molar-refractivity contribution is 1.18. The van der Waals surface area contributed by atoms with E-state index in [-0.39, 0.29) is 0 Å². The summed E-state index contributed by atoms with van der Waals surface area (Å²) < 4.78 is 0. The summed E-state index contributed by atoms with van der Waals surface area (Å²) >= 11 is 0. The van der Waals surface area contributed by atoms with E-state index in [1.165, 1.54) is 0 Å². The molecule has 6 aromatic carbocycles. The van der Waals surface area contributed by atoms with Crippen molar-refractivity contribution in [2.75, 3.05) is 0 Å². The van der Waals surface area contributed by atoms with E-state index >= 15 is 0 Å². The maximum absolute atomic E-state index is 9.54. The second-order valence-electron chi connectivity index (χ2n) is 12.6. The zero-order valence-corrected chi connectivity index (χ0v) is 30.4. The van der Waals surface area contributed by atoms with Crippen molar-refractivity contribution in [1.82, 2.24) is 19.9 Å². The van der Waals surface area contributed by atoms with Gasteiger partial charge >= 0.3 is 0 Å². The normalized spacial score (nSPS) is 10.9. The Balaban J connectivity index is 0.000000609. The molecule has 0 aliphatic heterocycles. The van der Waals surface area contributed by atoms with Crippen molar-refractivity contribution in [2.24, 2.45) is 0 Å². The zero-order valence-electron chi connectivity index (χ0n) is 30.4. The average Bonchev–Trinajstić information content (AvgIpc) is 3.27. The smallest absolute Gasteiger partial charge is 0.160 e. The molecule has 262 valence electrons. The van der Waals surface area contributed by atoms with Crippen LogP contribution in [0.1, 0.15) is 12.5 Å². The Morgan fingerprint density at radius 2 is 0.982 bits per heavy atom. The average molecular weight is 708 g/mol. The van der Waals surface area contributed by atoms with Crippen LogP contribution in [0, 0.1) is 11.3 Å². The third-order valence-corrected chi connectivity index (χ3v) is 8.86. The summed E-state index contributed by atoms with van der Waals surface area (Å²) in [5.41, 5.74) is 12.4. The molecular formula is C50H37N5. The van der Waals surface area contributed by atoms with Crippen LogP contribution in [0.15, 0.2) is 201 Å². The molecule has 0 bridgehead atoms. The van der Waals surface area contributed by atoms with E-state index in [1.54, 1.807) is 12.1 Å². The molecule has 0 amide bonds. The number of para-hydroxylation sites is 2. The van der Waals surface area contributed by atoms with Crippen molar-refractivity contribution in [3.8, 4) is 73.6 Å². The number of allylic oxidation sites excluding steroid dienone is 5. The number of hydrogen-bond donors (Lipinski definition) is 0. The molecular weight excluding hydrogens is 671 g/mol. The van der Waals surface area contributed by atoms with E-state index in [2.05, 4.69) is 91.5 Å². The molecule has 0 saturated carbocycles. The van der Waals surface area contributed by atoms with Gasteiger partial charge in [-0.2, -0.15) is 5.26 Å². The van der Waals surface area contributed by atoms with Crippen LogP contribution in [0.3, 0.4) is 0 Å². The number of fused-ring (bicyclic) bond motifs is 1. The summed E-state index contributed by atoms with van der Waals surface area (Å²) in [6.45, 7) is 5.49. The minimum Gasteiger partial charge on any atom is -0.244 e. The highest BCUT2D eigenvalue weighted by molar-refractivity contribution is 5.87. The van der Waals surface area contributed by atoms with Crippen LogP contribution < -0.4 is 0 Å². The fraction of sp³-hybridized carbons (Fsp3) is 0.0200. The van der Waals surface area contributed by atoms with Gasteiger partial charge in [0.2, 0.25) is 0 Å². The van der Waals surface area contributed by atoms with E-state index in [4.69, 9.17) is 19.9 Å². The molecule has 0 radical (unpaired) electrons. The molecule has 2 heterocycles. The first kappa shape index (κ1) is 35.8. The summed E-state index contributed by atoms with van der Waals surface area (Å²) in [7, 11) is 0. The number of nitrogens with zero attached hydrogens (tertiary/aromatic N) is 5. The number of aromatic nitrogens is 4. The molecule has 2 aromatic heterocycles. The fourth-order valence-corrected chi connectivity index (χ4v) is 6.14. The first-order valence-electron chi connectivity index (χ1n) is 18.0. The second-order valence-corrected chi connectivity index (χ2v) is 12.6. The first-order chi connectivity index (χ1) is 27.1. The van der Waals surface area contributed by atoms with Gasteiger partial charge < -0.3 is 0 Å². The van der Waals surface area contributed by atoms with Crippen LogP contribution >= 0.6 is 0 Å². The maximum atomic E-state index is 9.54. The molecule has 8 aromatic rings. The largest absolute Gasteiger partial charge is 0.244 e. The quantitative estimate of drug-likeness (QED) is 0.147. The van der Waals surface area contributed by atoms with Gasteiger partial charge in [-0.05, 0) is 54.4 Å². The van der Waals surface area contributed by atoms with Crippen LogP contribution in [-0.2, 0) is 0 Å². The number of rotatable bonds is 8. The van der Waals surface area contributed by atoms with Gasteiger partial charge in [0.05, 0.1) is 45.4 Å². The molecule has 0 aliphatic carbocycles. The van der Waals surface area contributed by atoms with E-state index in [0.717, 1.165) is 72.8 Å². The van der Waals surface area contributed by atoms with Gasteiger partial charge in [0.1, 0.15) is 0 Å². The number of hydrogen-bond acceptors (Lipinski definition) is 5. The Morgan fingerprint density at radius 3 is 1.58 bits per heavy atom. The molecule has 0 spiro atoms. The van der Waals surface area contributed by atoms with Crippen molar-refractivity contribution >= 4 is 11.0 Å². The summed E-state index contributed by atoms with van der Waals surface area (Å²) in [4.78, 5) is 20.1. The lowest BCUT2D eigenvalue weighted by atomic mass is 9.98. The summed E-state index contributed by atoms with van der Waals surface area (Å²) in [5, 5.41) is 9.54. The molecule has 0 saturated heterocycles. The predicted molar refractivity (Wildman–Crippen MR) is 227 cm³/mol. The van der Waals surface area contributed by atoms with Gasteiger partial charge in [0.15, 0.2) is 5.82 Å². The molecule has 8 rings (SSSR count). The highest BCUT2D eigenvalue weighted by Crippen LogP contribution is 2.34. The molecule has 5 nitrogen and oxygen atoms in total. The van der Waals surface area contributed by atoms with E-state index in [1.807, 2.05) is 110 Å². The molecule has 0 atom stereocenters. The van der Waals surface area contributed by atoms with Gasteiger partial charge in [-0.15, -0.1) is 0 Å². The third-order valence-electron chi connectivity index (χ3n) is 8.86. The van der Waals surface area contributed by atoms with Crippen molar-refractivity contribution in [1.29, 1.82) is 5.26 Å². The van der Waals surface area contributed by atoms with Crippen molar-refractivity contribution < 1.29 is 0 Å². The Labute approximate surface area is 322 Å². The van der Waals surface area contributed by atoms with Crippen LogP contribution in [0.4, 0.5) is 0 Å². The summed E-state index contributed by atoms with van der Waals surface area (Å²) in [6.07, 6.45) is 9.51. The predicted octanol–water partition coefficient (Wildman–Crippen LogP) is 12.6. The molecule has 0 fully saturated rings. The van der Waals surface area contributed by atoms with Crippen LogP contribution in [0.2, 0.25) is 0 Å². The molecule has 5 heteroatoms. The fourth-order valence-electron chi connectivity index (χ4n) is 6.14. The van der Waals surface area contributed by atoms with Crippen molar-refractivity contribution in [3.05, 3.63) is 206 Å². The lowest BCUT2D eigenvalue weighted by Crippen LogP contribution is -1.96. The van der Waals surface area contributed by atoms with Crippen LogP contribution in [0.5, 0.6) is 0 Å². The highest BCUT2D eigenvalue weighted by atomic mass is 14.9. The van der Waals surface area contributed by atoms with E-state index in [0.29, 0.717) is 11.4 Å². The SMILES string of the molecule is C=C/C=C\C=C/C.N#Cc1cccc(-c2nc3ccccc3nc2-c2ccc(-c3cccc(-c4nc(-c5ccccc5)cc(-c5ccccc5)n4)c3)cc2)c1. The van der Waals surface area contributed by atoms with E-state index in [9.17, 15) is 5.26 Å². The maximum Gasteiger partial charge on any atom is 0.160 e. The molecule has 55 heavy (non-hydrogen) atoms. The first-order valence-corrected chi connectivity index (χ1v) is 18.0. The van der Waals surface area contributed by atoms with Crippen LogP contribution in [-0.4, -0.2) is 19.9 Å². The Hall–Kier alpha value is -7.55. The molecule has 0 N–H and O–H groups in total. The number of nitriles is 1. The topological polar surface area (TPSA) is 75.3 Å². The minimum atomic E-state index is 0.581. The molecule has 0 aliphatic rings. The van der Waals surface area contributed by atoms with Crippen molar-refractivity contribution in [2.45, 2.75) is 6.92 Å². The van der Waals surface area contributed by atoms with Gasteiger partial charge in [0, 0.05) is 27.8 Å². The third kappa shape index (κ3) is 8.58. The summed E-state index contributed by atoms with van der Waals surface area (Å²) in [5.74, 6) is 0.671. The highest BCUT2D eigenvalue weighted by Gasteiger charge is 2.15. The minimum absolute atomic E-state index is 0.581. The Morgan fingerprint density at radius 1 is 0.455 bits per heavy atom. The summed E-state index contributed by atoms with van der Waals surface area (Å²) in [6, 6.07) is 56.8. The Bertz CT molecular complexity index is 2610. The Kier molecular flexibility index (Phi) is 11.3. The van der Waals surface area contributed by atoms with Crippen molar-refractivity contribution in [3.63, 3.8) is 0 Å². The zero-order chi connectivity index (χ0) is 37.8. The lowest BCUT2D eigenvalue weighted by Gasteiger charge is -2.12. The van der Waals surface area contributed by atoms with Gasteiger partial charge in [0.25, 0.3) is 0 Å². The van der Waals surface area contributed by atoms with Crippen LogP contribution in [0.25, 0.3) is 78.6 Å². The monoisotopic (exact) mass is 707 g/mol.